The standard InChI is InChI=1S/C45H31N5/c46-44(33-16-6-2-7-17-33)48-45(34-26-24-32(25-27-34)31-14-4-1-5-15-31)47-30-49-40-22-12-10-20-36(40)38-28-29-39-37-21-11-13-23-41(37)50(43(39)42(38)49)35-18-8-3-9-19-35/h1-30,46H/b46-44?,47-30+,48-45-. The molecule has 0 saturated carbocycles. The first-order valence-electron chi connectivity index (χ1n) is 16.7. The van der Waals surface area contributed by atoms with Crippen LogP contribution in [-0.2, 0) is 0 Å². The van der Waals surface area contributed by atoms with Crippen LogP contribution in [0.5, 0.6) is 0 Å². The van der Waals surface area contributed by atoms with Gasteiger partial charge in [0.05, 0.1) is 22.1 Å². The molecule has 7 aromatic carbocycles. The first-order chi connectivity index (χ1) is 24.7. The van der Waals surface area contributed by atoms with Gasteiger partial charge >= 0.3 is 0 Å². The van der Waals surface area contributed by atoms with E-state index in [2.05, 4.69) is 124 Å². The molecule has 0 aliphatic carbocycles. The number of hydrogen-bond acceptors (Lipinski definition) is 1. The van der Waals surface area contributed by atoms with Gasteiger partial charge in [-0.3, -0.25) is 9.98 Å². The van der Waals surface area contributed by atoms with Gasteiger partial charge in [0.2, 0.25) is 0 Å². The number of fused-ring (bicyclic) bond motifs is 7. The molecule has 0 radical (unpaired) electrons. The van der Waals surface area contributed by atoms with Crippen LogP contribution < -0.4 is 0 Å². The largest absolute Gasteiger partial charge is 0.307 e. The predicted octanol–water partition coefficient (Wildman–Crippen LogP) is 10.9. The average molecular weight is 642 g/mol. The van der Waals surface area contributed by atoms with Crippen LogP contribution in [0, 0.1) is 5.41 Å². The van der Waals surface area contributed by atoms with Gasteiger partial charge in [0, 0.05) is 38.4 Å². The third kappa shape index (κ3) is 5.00. The highest BCUT2D eigenvalue weighted by molar-refractivity contribution is 6.25. The van der Waals surface area contributed by atoms with Crippen molar-refractivity contribution in [2.24, 2.45) is 9.98 Å². The molecular weight excluding hydrogens is 611 g/mol. The van der Waals surface area contributed by atoms with E-state index >= 15 is 0 Å². The van der Waals surface area contributed by atoms with Crippen molar-refractivity contribution >= 4 is 61.6 Å². The number of rotatable bonds is 5. The molecule has 0 saturated heterocycles. The topological polar surface area (TPSA) is 58.4 Å². The molecule has 0 bridgehead atoms. The minimum absolute atomic E-state index is 0.152. The van der Waals surface area contributed by atoms with E-state index in [0.29, 0.717) is 5.84 Å². The van der Waals surface area contributed by atoms with Crippen molar-refractivity contribution in [3.63, 3.8) is 0 Å². The van der Waals surface area contributed by atoms with Gasteiger partial charge in [-0.15, -0.1) is 0 Å². The predicted molar refractivity (Wildman–Crippen MR) is 209 cm³/mol. The maximum Gasteiger partial charge on any atom is 0.163 e. The van der Waals surface area contributed by atoms with Gasteiger partial charge in [0.15, 0.2) is 11.7 Å². The Balaban J connectivity index is 1.28. The summed E-state index contributed by atoms with van der Waals surface area (Å²) >= 11 is 0. The van der Waals surface area contributed by atoms with Crippen LogP contribution >= 0.6 is 0 Å². The van der Waals surface area contributed by atoms with Crippen molar-refractivity contribution in [2.45, 2.75) is 0 Å². The van der Waals surface area contributed by atoms with Crippen molar-refractivity contribution < 1.29 is 0 Å². The molecule has 5 nitrogen and oxygen atoms in total. The lowest BCUT2D eigenvalue weighted by Crippen LogP contribution is -2.07. The van der Waals surface area contributed by atoms with E-state index < -0.39 is 0 Å². The summed E-state index contributed by atoms with van der Waals surface area (Å²) in [6.45, 7) is 0. The summed E-state index contributed by atoms with van der Waals surface area (Å²) < 4.78 is 4.55. The first-order valence-corrected chi connectivity index (χ1v) is 16.7. The van der Waals surface area contributed by atoms with E-state index in [-0.39, 0.29) is 5.84 Å². The van der Waals surface area contributed by atoms with Gasteiger partial charge in [-0.2, -0.15) is 0 Å². The third-order valence-electron chi connectivity index (χ3n) is 9.33. The molecular formula is C45H31N5. The number of aliphatic imine (C=N–C) groups is 2. The Hall–Kier alpha value is -6.85. The minimum Gasteiger partial charge on any atom is -0.307 e. The van der Waals surface area contributed by atoms with E-state index in [9.17, 15) is 0 Å². The van der Waals surface area contributed by atoms with Crippen LogP contribution in [-0.4, -0.2) is 27.1 Å². The minimum atomic E-state index is 0.152. The quantitative estimate of drug-likeness (QED) is 0.144. The Kier molecular flexibility index (Phi) is 7.21. The molecule has 0 spiro atoms. The van der Waals surface area contributed by atoms with Gasteiger partial charge in [-0.1, -0.05) is 152 Å². The molecule has 0 aliphatic rings. The second kappa shape index (κ2) is 12.3. The van der Waals surface area contributed by atoms with E-state index in [1.165, 1.54) is 10.8 Å². The molecule has 50 heavy (non-hydrogen) atoms. The molecule has 9 aromatic rings. The highest BCUT2D eigenvalue weighted by Crippen LogP contribution is 2.39. The molecule has 2 aromatic heterocycles. The number of amidine groups is 2. The lowest BCUT2D eigenvalue weighted by atomic mass is 10.0. The summed E-state index contributed by atoms with van der Waals surface area (Å²) in [4.78, 5) is 9.93. The van der Waals surface area contributed by atoms with Gasteiger partial charge in [0.25, 0.3) is 0 Å². The SMILES string of the molecule is N=C(/N=C(\N=C\n1c2ccccc2c2ccc3c4ccccc4n(-c4ccccc4)c3c21)c1ccc(-c2ccccc2)cc1)c1ccccc1. The molecule has 0 atom stereocenters. The molecule has 9 rings (SSSR count). The third-order valence-corrected chi connectivity index (χ3v) is 9.33. The summed E-state index contributed by atoms with van der Waals surface area (Å²) in [6, 6.07) is 60.2. The lowest BCUT2D eigenvalue weighted by Gasteiger charge is -2.10. The summed E-state index contributed by atoms with van der Waals surface area (Å²) in [6.07, 6.45) is 1.87. The second-order valence-electron chi connectivity index (χ2n) is 12.3. The van der Waals surface area contributed by atoms with Gasteiger partial charge in [-0.05, 0) is 35.4 Å². The fourth-order valence-electron chi connectivity index (χ4n) is 6.99. The number of aromatic nitrogens is 2. The summed E-state index contributed by atoms with van der Waals surface area (Å²) in [7, 11) is 0. The number of hydrogen-bond donors (Lipinski definition) is 1. The Morgan fingerprint density at radius 3 is 1.70 bits per heavy atom. The number of nitrogens with one attached hydrogen (secondary N) is 1. The van der Waals surface area contributed by atoms with Crippen molar-refractivity contribution in [3.8, 4) is 16.8 Å². The zero-order valence-corrected chi connectivity index (χ0v) is 27.1. The number of para-hydroxylation sites is 3. The van der Waals surface area contributed by atoms with Gasteiger partial charge < -0.3 is 4.57 Å². The molecule has 2 heterocycles. The highest BCUT2D eigenvalue weighted by Gasteiger charge is 2.20. The molecule has 0 unspecified atom stereocenters. The fraction of sp³-hybridized carbons (Fsp3) is 0. The van der Waals surface area contributed by atoms with E-state index in [0.717, 1.165) is 60.8 Å². The Morgan fingerprint density at radius 1 is 0.460 bits per heavy atom. The Labute approximate surface area is 289 Å². The molecule has 0 aliphatic heterocycles. The average Bonchev–Trinajstić information content (AvgIpc) is 3.70. The van der Waals surface area contributed by atoms with E-state index in [1.807, 2.05) is 67.0 Å². The molecule has 1 N–H and O–H groups in total. The van der Waals surface area contributed by atoms with Gasteiger partial charge in [-0.25, -0.2) is 9.98 Å². The number of benzene rings is 7. The summed E-state index contributed by atoms with van der Waals surface area (Å²) in [5.74, 6) is 0.610. The molecule has 236 valence electrons. The summed E-state index contributed by atoms with van der Waals surface area (Å²) in [5, 5.41) is 13.6. The second-order valence-corrected chi connectivity index (χ2v) is 12.3. The maximum absolute atomic E-state index is 8.92. The summed E-state index contributed by atoms with van der Waals surface area (Å²) in [5.41, 5.74) is 9.25. The Bertz CT molecular complexity index is 2740. The van der Waals surface area contributed by atoms with Gasteiger partial charge in [0.1, 0.15) is 6.34 Å². The van der Waals surface area contributed by atoms with Crippen molar-refractivity contribution in [3.05, 3.63) is 187 Å². The number of nitrogens with zero attached hydrogens (tertiary/aromatic N) is 4. The van der Waals surface area contributed by atoms with Crippen molar-refractivity contribution in [1.29, 1.82) is 5.41 Å². The van der Waals surface area contributed by atoms with E-state index in [4.69, 9.17) is 15.4 Å². The Morgan fingerprint density at radius 2 is 1.00 bits per heavy atom. The van der Waals surface area contributed by atoms with Crippen LogP contribution in [0.15, 0.2) is 186 Å². The highest BCUT2D eigenvalue weighted by atomic mass is 15.1. The smallest absolute Gasteiger partial charge is 0.163 e. The van der Waals surface area contributed by atoms with E-state index in [1.54, 1.807) is 0 Å². The van der Waals surface area contributed by atoms with Crippen LogP contribution in [0.4, 0.5) is 0 Å². The lowest BCUT2D eigenvalue weighted by molar-refractivity contribution is 1.18. The zero-order valence-electron chi connectivity index (χ0n) is 27.1. The molecule has 0 fully saturated rings. The van der Waals surface area contributed by atoms with Crippen LogP contribution in [0.2, 0.25) is 0 Å². The van der Waals surface area contributed by atoms with Crippen LogP contribution in [0.1, 0.15) is 11.1 Å². The van der Waals surface area contributed by atoms with Crippen LogP contribution in [0.3, 0.4) is 0 Å². The van der Waals surface area contributed by atoms with Crippen LogP contribution in [0.25, 0.3) is 60.4 Å². The normalized spacial score (nSPS) is 12.1. The fourth-order valence-corrected chi connectivity index (χ4v) is 6.99. The zero-order chi connectivity index (χ0) is 33.4. The van der Waals surface area contributed by atoms with Crippen molar-refractivity contribution in [2.75, 3.05) is 0 Å². The monoisotopic (exact) mass is 641 g/mol. The maximum atomic E-state index is 8.92. The molecule has 0 amide bonds. The molecule has 5 heteroatoms. The first kappa shape index (κ1) is 29.3. The van der Waals surface area contributed by atoms with Crippen molar-refractivity contribution in [1.82, 2.24) is 9.13 Å².